The number of likely N-dealkylation sites (tertiary alicyclic amines) is 1. The molecule has 0 saturated carbocycles. The van der Waals surface area contributed by atoms with E-state index in [1.54, 1.807) is 6.07 Å². The maximum atomic E-state index is 13.6. The Kier molecular flexibility index (Phi) is 5.38. The molecule has 1 aromatic carbocycles. The van der Waals surface area contributed by atoms with Gasteiger partial charge in [0.2, 0.25) is 0 Å². The molecule has 0 aliphatic carbocycles. The Balaban J connectivity index is 2.15. The highest BCUT2D eigenvalue weighted by molar-refractivity contribution is 6.30. The van der Waals surface area contributed by atoms with E-state index in [9.17, 15) is 4.39 Å². The van der Waals surface area contributed by atoms with Crippen molar-refractivity contribution in [1.29, 1.82) is 0 Å². The Morgan fingerprint density at radius 2 is 2.30 bits per heavy atom. The summed E-state index contributed by atoms with van der Waals surface area (Å²) in [6, 6.07) is 5.46. The average molecular weight is 300 g/mol. The summed E-state index contributed by atoms with van der Waals surface area (Å²) in [4.78, 5) is 4.61. The zero-order valence-electron chi connectivity index (χ0n) is 12.1. The summed E-state index contributed by atoms with van der Waals surface area (Å²) in [5.41, 5.74) is 6.82. The van der Waals surface area contributed by atoms with E-state index >= 15 is 0 Å². The van der Waals surface area contributed by atoms with Crippen LogP contribution in [-0.4, -0.2) is 49.6 Å². The van der Waals surface area contributed by atoms with Crippen molar-refractivity contribution in [2.75, 3.05) is 33.7 Å². The van der Waals surface area contributed by atoms with Crippen LogP contribution in [0.2, 0.25) is 5.02 Å². The van der Waals surface area contributed by atoms with Crippen molar-refractivity contribution in [3.63, 3.8) is 0 Å². The molecule has 0 amide bonds. The van der Waals surface area contributed by atoms with Crippen molar-refractivity contribution < 1.29 is 4.39 Å². The summed E-state index contributed by atoms with van der Waals surface area (Å²) in [5.74, 6) is -0.378. The lowest BCUT2D eigenvalue weighted by Crippen LogP contribution is -2.47. The number of nitrogens with two attached hydrogens (primary N) is 1. The fourth-order valence-corrected chi connectivity index (χ4v) is 3.10. The van der Waals surface area contributed by atoms with E-state index in [1.807, 2.05) is 6.07 Å². The maximum absolute atomic E-state index is 13.6. The Labute approximate surface area is 125 Å². The molecule has 1 heterocycles. The highest BCUT2D eigenvalue weighted by Gasteiger charge is 2.27. The highest BCUT2D eigenvalue weighted by atomic mass is 35.5. The molecule has 1 aliphatic rings. The van der Waals surface area contributed by atoms with Crippen LogP contribution in [0.25, 0.3) is 0 Å². The molecular weight excluding hydrogens is 277 g/mol. The molecule has 2 N–H and O–H groups in total. The number of rotatable bonds is 4. The van der Waals surface area contributed by atoms with Crippen molar-refractivity contribution >= 4 is 11.6 Å². The molecule has 0 aromatic heterocycles. The van der Waals surface area contributed by atoms with Gasteiger partial charge in [-0.05, 0) is 51.2 Å². The minimum Gasteiger partial charge on any atom is -0.329 e. The number of halogens is 2. The first-order valence-electron chi connectivity index (χ1n) is 7.08. The van der Waals surface area contributed by atoms with Gasteiger partial charge in [-0.25, -0.2) is 4.39 Å². The SMILES string of the molecule is CN1CCCC(N(C)C(CN)c2ccc(Cl)c(F)c2)C1. The van der Waals surface area contributed by atoms with Crippen molar-refractivity contribution in [1.82, 2.24) is 9.80 Å². The predicted octanol–water partition coefficient (Wildman–Crippen LogP) is 2.50. The standard InChI is InChI=1S/C15H23ClFN3/c1-19-7-3-4-12(10-19)20(2)15(9-18)11-5-6-13(16)14(17)8-11/h5-6,8,12,15H,3-4,7,9-10,18H2,1-2H3. The largest absolute Gasteiger partial charge is 0.329 e. The second-order valence-electron chi connectivity index (χ2n) is 5.65. The zero-order valence-corrected chi connectivity index (χ0v) is 12.9. The summed E-state index contributed by atoms with van der Waals surface area (Å²) in [6.45, 7) is 2.65. The third-order valence-electron chi connectivity index (χ3n) is 4.22. The second-order valence-corrected chi connectivity index (χ2v) is 6.06. The monoisotopic (exact) mass is 299 g/mol. The molecular formula is C15H23ClFN3. The fourth-order valence-electron chi connectivity index (χ4n) is 2.98. The Morgan fingerprint density at radius 1 is 1.55 bits per heavy atom. The lowest BCUT2D eigenvalue weighted by atomic mass is 9.99. The van der Waals surface area contributed by atoms with Gasteiger partial charge in [0.1, 0.15) is 5.82 Å². The van der Waals surface area contributed by atoms with Crippen LogP contribution in [0.15, 0.2) is 18.2 Å². The minimum atomic E-state index is -0.378. The molecule has 1 aromatic rings. The summed E-state index contributed by atoms with van der Waals surface area (Å²) >= 11 is 5.75. The van der Waals surface area contributed by atoms with E-state index in [1.165, 1.54) is 12.5 Å². The van der Waals surface area contributed by atoms with Gasteiger partial charge in [0.05, 0.1) is 5.02 Å². The molecule has 0 bridgehead atoms. The molecule has 1 saturated heterocycles. The van der Waals surface area contributed by atoms with E-state index in [4.69, 9.17) is 17.3 Å². The van der Waals surface area contributed by atoms with Crippen LogP contribution in [0.4, 0.5) is 4.39 Å². The molecule has 1 aliphatic heterocycles. The lowest BCUT2D eigenvalue weighted by molar-refractivity contribution is 0.101. The first-order chi connectivity index (χ1) is 9.52. The molecule has 2 unspecified atom stereocenters. The van der Waals surface area contributed by atoms with Crippen molar-refractivity contribution in [2.45, 2.75) is 24.9 Å². The number of likely N-dealkylation sites (N-methyl/N-ethyl adjacent to an activating group) is 2. The fraction of sp³-hybridized carbons (Fsp3) is 0.600. The summed E-state index contributed by atoms with van der Waals surface area (Å²) < 4.78 is 13.6. The molecule has 0 spiro atoms. The van der Waals surface area contributed by atoms with Gasteiger partial charge in [0, 0.05) is 25.2 Å². The Hall–Kier alpha value is -0.680. The third-order valence-corrected chi connectivity index (χ3v) is 4.53. The summed E-state index contributed by atoms with van der Waals surface area (Å²) in [6.07, 6.45) is 2.35. The van der Waals surface area contributed by atoms with Crippen LogP contribution in [0.5, 0.6) is 0 Å². The van der Waals surface area contributed by atoms with Crippen LogP contribution in [0.1, 0.15) is 24.4 Å². The first-order valence-corrected chi connectivity index (χ1v) is 7.46. The van der Waals surface area contributed by atoms with E-state index in [0.717, 1.165) is 25.1 Å². The lowest BCUT2D eigenvalue weighted by Gasteiger charge is -2.40. The molecule has 5 heteroatoms. The molecule has 2 atom stereocenters. The van der Waals surface area contributed by atoms with Gasteiger partial charge in [0.25, 0.3) is 0 Å². The van der Waals surface area contributed by atoms with Crippen molar-refractivity contribution in [3.05, 3.63) is 34.6 Å². The topological polar surface area (TPSA) is 32.5 Å². The average Bonchev–Trinajstić information content (AvgIpc) is 2.43. The van der Waals surface area contributed by atoms with Gasteiger partial charge in [-0.2, -0.15) is 0 Å². The number of hydrogen-bond donors (Lipinski definition) is 1. The van der Waals surface area contributed by atoms with E-state index < -0.39 is 0 Å². The summed E-state index contributed by atoms with van der Waals surface area (Å²) in [7, 11) is 4.22. The molecule has 1 fully saturated rings. The van der Waals surface area contributed by atoms with Crippen molar-refractivity contribution in [2.24, 2.45) is 5.73 Å². The normalized spacial score (nSPS) is 22.2. The minimum absolute atomic E-state index is 0.0262. The Bertz CT molecular complexity index is 455. The quantitative estimate of drug-likeness (QED) is 0.927. The molecule has 2 rings (SSSR count). The Morgan fingerprint density at radius 3 is 2.90 bits per heavy atom. The van der Waals surface area contributed by atoms with E-state index in [2.05, 4.69) is 23.9 Å². The first kappa shape index (κ1) is 15.7. The van der Waals surface area contributed by atoms with E-state index in [-0.39, 0.29) is 16.9 Å². The molecule has 3 nitrogen and oxygen atoms in total. The van der Waals surface area contributed by atoms with Gasteiger partial charge in [-0.1, -0.05) is 17.7 Å². The maximum Gasteiger partial charge on any atom is 0.142 e. The number of hydrogen-bond acceptors (Lipinski definition) is 3. The number of nitrogens with zero attached hydrogens (tertiary/aromatic N) is 2. The van der Waals surface area contributed by atoms with Crippen LogP contribution in [0, 0.1) is 5.82 Å². The number of benzene rings is 1. The van der Waals surface area contributed by atoms with Crippen LogP contribution in [-0.2, 0) is 0 Å². The third kappa shape index (κ3) is 3.50. The second kappa shape index (κ2) is 6.85. The molecule has 20 heavy (non-hydrogen) atoms. The van der Waals surface area contributed by atoms with Gasteiger partial charge in [-0.3, -0.25) is 4.90 Å². The smallest absolute Gasteiger partial charge is 0.142 e. The number of piperidine rings is 1. The van der Waals surface area contributed by atoms with Crippen LogP contribution < -0.4 is 5.73 Å². The van der Waals surface area contributed by atoms with Crippen LogP contribution >= 0.6 is 11.6 Å². The van der Waals surface area contributed by atoms with Gasteiger partial charge >= 0.3 is 0 Å². The predicted molar refractivity (Wildman–Crippen MR) is 81.5 cm³/mol. The van der Waals surface area contributed by atoms with Gasteiger partial charge in [-0.15, -0.1) is 0 Å². The van der Waals surface area contributed by atoms with Crippen molar-refractivity contribution in [3.8, 4) is 0 Å². The van der Waals surface area contributed by atoms with Gasteiger partial charge in [0.15, 0.2) is 0 Å². The summed E-state index contributed by atoms with van der Waals surface area (Å²) in [5, 5.41) is 0.157. The van der Waals surface area contributed by atoms with Crippen LogP contribution in [0.3, 0.4) is 0 Å². The van der Waals surface area contributed by atoms with Gasteiger partial charge < -0.3 is 10.6 Å². The van der Waals surface area contributed by atoms with E-state index in [0.29, 0.717) is 12.6 Å². The molecule has 112 valence electrons. The zero-order chi connectivity index (χ0) is 14.7. The highest BCUT2D eigenvalue weighted by Crippen LogP contribution is 2.27. The molecule has 0 radical (unpaired) electrons.